The van der Waals surface area contributed by atoms with Gasteiger partial charge in [0.25, 0.3) is 0 Å². The van der Waals surface area contributed by atoms with Crippen LogP contribution in [0.1, 0.15) is 37.8 Å². The van der Waals surface area contributed by atoms with Crippen molar-refractivity contribution >= 4 is 22.3 Å². The lowest BCUT2D eigenvalue weighted by Gasteiger charge is -2.34. The van der Waals surface area contributed by atoms with Crippen molar-refractivity contribution in [1.29, 1.82) is 0 Å². The largest absolute Gasteiger partial charge is 0.492 e. The number of para-hydroxylation sites is 1. The Bertz CT molecular complexity index is 948. The molecule has 0 unspecified atom stereocenters. The molecular weight excluding hydrogens is 357 g/mol. The van der Waals surface area contributed by atoms with E-state index in [2.05, 4.69) is 40.5 Å². The first-order valence-corrected chi connectivity index (χ1v) is 9.92. The Hall–Kier alpha value is -2.76. The van der Waals surface area contributed by atoms with Crippen LogP contribution in [0.5, 0.6) is 5.75 Å². The molecule has 0 atom stereocenters. The maximum atomic E-state index is 13.4. The highest BCUT2D eigenvalue weighted by atomic mass is 19.1. The fourth-order valence-corrected chi connectivity index (χ4v) is 4.01. The van der Waals surface area contributed by atoms with E-state index in [1.807, 2.05) is 0 Å². The number of fused-ring (bicyclic) bond motifs is 1. The minimum absolute atomic E-state index is 0.298. The van der Waals surface area contributed by atoms with E-state index in [1.54, 1.807) is 13.2 Å². The molecule has 4 rings (SSSR count). The van der Waals surface area contributed by atoms with Crippen LogP contribution in [-0.4, -0.2) is 31.9 Å². The molecule has 148 valence electrons. The van der Waals surface area contributed by atoms with Crippen molar-refractivity contribution in [2.45, 2.75) is 32.1 Å². The molecule has 1 fully saturated rings. The quantitative estimate of drug-likeness (QED) is 0.635. The highest BCUT2D eigenvalue weighted by molar-refractivity contribution is 5.80. The Morgan fingerprint density at radius 1 is 1.25 bits per heavy atom. The average molecular weight is 383 g/mol. The smallest absolute Gasteiger partial charge is 0.170 e. The highest BCUT2D eigenvalue weighted by Crippen LogP contribution is 2.39. The zero-order valence-corrected chi connectivity index (χ0v) is 16.4. The Morgan fingerprint density at radius 3 is 2.82 bits per heavy atom. The van der Waals surface area contributed by atoms with Crippen molar-refractivity contribution < 1.29 is 13.7 Å². The fraction of sp³-hybridized carbons (Fsp3) is 0.409. The van der Waals surface area contributed by atoms with Crippen molar-refractivity contribution in [3.63, 3.8) is 0 Å². The molecule has 0 radical (unpaired) electrons. The van der Waals surface area contributed by atoms with Crippen molar-refractivity contribution in [2.24, 2.45) is 0 Å². The fourth-order valence-electron chi connectivity index (χ4n) is 4.01. The van der Waals surface area contributed by atoms with E-state index in [0.29, 0.717) is 11.5 Å². The van der Waals surface area contributed by atoms with Gasteiger partial charge in [0.2, 0.25) is 0 Å². The molecule has 1 saturated heterocycles. The molecule has 3 aromatic rings. The van der Waals surface area contributed by atoms with Gasteiger partial charge < -0.3 is 19.5 Å². The highest BCUT2D eigenvalue weighted by Gasteiger charge is 2.27. The van der Waals surface area contributed by atoms with Crippen molar-refractivity contribution in [3.8, 4) is 5.75 Å². The van der Waals surface area contributed by atoms with Crippen LogP contribution >= 0.6 is 0 Å². The molecule has 1 aliphatic rings. The summed E-state index contributed by atoms with van der Waals surface area (Å²) in [4.78, 5) is 2.37. The number of ether oxygens (including phenoxy) is 1. The minimum atomic E-state index is -0.298. The number of anilines is 2. The maximum Gasteiger partial charge on any atom is 0.170 e. The van der Waals surface area contributed by atoms with Gasteiger partial charge >= 0.3 is 0 Å². The number of piperidine rings is 1. The van der Waals surface area contributed by atoms with Crippen LogP contribution in [0, 0.1) is 5.82 Å². The summed E-state index contributed by atoms with van der Waals surface area (Å²) in [6.45, 7) is 4.89. The standard InChI is InChI=1S/C22H26FN3O2/c1-3-11-24-18-5-4-6-19(22(18)27-2)26-12-9-15(10-13-26)21-17-8-7-16(23)14-20(17)28-25-21/h4-8,14-15,24H,3,9-13H2,1-2H3. The van der Waals surface area contributed by atoms with Gasteiger partial charge in [-0.1, -0.05) is 18.1 Å². The lowest BCUT2D eigenvalue weighted by Crippen LogP contribution is -2.33. The van der Waals surface area contributed by atoms with Gasteiger partial charge in [-0.15, -0.1) is 0 Å². The molecule has 1 aliphatic heterocycles. The molecule has 2 heterocycles. The van der Waals surface area contributed by atoms with Crippen LogP contribution in [0.25, 0.3) is 11.0 Å². The number of nitrogens with one attached hydrogen (secondary N) is 1. The van der Waals surface area contributed by atoms with E-state index < -0.39 is 0 Å². The molecule has 0 amide bonds. The third kappa shape index (κ3) is 3.51. The number of aromatic nitrogens is 1. The molecule has 0 spiro atoms. The van der Waals surface area contributed by atoms with Gasteiger partial charge in [0.1, 0.15) is 5.82 Å². The Kier molecular flexibility index (Phi) is 5.37. The molecule has 0 bridgehead atoms. The molecular formula is C22H26FN3O2. The number of halogens is 1. The summed E-state index contributed by atoms with van der Waals surface area (Å²) in [5, 5.41) is 8.61. The minimum Gasteiger partial charge on any atom is -0.492 e. The zero-order valence-electron chi connectivity index (χ0n) is 16.4. The van der Waals surface area contributed by atoms with Gasteiger partial charge in [0.15, 0.2) is 11.3 Å². The summed E-state index contributed by atoms with van der Waals surface area (Å²) in [6, 6.07) is 10.9. The summed E-state index contributed by atoms with van der Waals surface area (Å²) in [6.07, 6.45) is 3.00. The third-order valence-corrected chi connectivity index (χ3v) is 5.45. The van der Waals surface area contributed by atoms with Gasteiger partial charge in [0, 0.05) is 37.0 Å². The van der Waals surface area contributed by atoms with E-state index in [-0.39, 0.29) is 5.82 Å². The molecule has 0 aliphatic carbocycles. The van der Waals surface area contributed by atoms with Crippen molar-refractivity contribution in [1.82, 2.24) is 5.16 Å². The zero-order chi connectivity index (χ0) is 19.5. The summed E-state index contributed by atoms with van der Waals surface area (Å²) in [7, 11) is 1.73. The van der Waals surface area contributed by atoms with Crippen molar-refractivity contribution in [3.05, 3.63) is 47.9 Å². The molecule has 2 aromatic carbocycles. The van der Waals surface area contributed by atoms with E-state index in [0.717, 1.165) is 67.1 Å². The number of hydrogen-bond donors (Lipinski definition) is 1. The van der Waals surface area contributed by atoms with Crippen LogP contribution < -0.4 is 15.0 Å². The molecule has 6 heteroatoms. The number of benzene rings is 2. The normalized spacial score (nSPS) is 15.2. The lowest BCUT2D eigenvalue weighted by atomic mass is 9.91. The number of hydrogen-bond acceptors (Lipinski definition) is 5. The maximum absolute atomic E-state index is 13.4. The van der Waals surface area contributed by atoms with E-state index in [1.165, 1.54) is 12.1 Å². The Balaban J connectivity index is 1.51. The van der Waals surface area contributed by atoms with Gasteiger partial charge in [0.05, 0.1) is 24.2 Å². The second-order valence-corrected chi connectivity index (χ2v) is 7.25. The average Bonchev–Trinajstić information content (AvgIpc) is 3.15. The summed E-state index contributed by atoms with van der Waals surface area (Å²) in [5.41, 5.74) is 3.62. The summed E-state index contributed by atoms with van der Waals surface area (Å²) >= 11 is 0. The van der Waals surface area contributed by atoms with Crippen LogP contribution in [-0.2, 0) is 0 Å². The predicted octanol–water partition coefficient (Wildman–Crippen LogP) is 5.18. The van der Waals surface area contributed by atoms with Gasteiger partial charge in [-0.2, -0.15) is 0 Å². The third-order valence-electron chi connectivity index (χ3n) is 5.45. The molecule has 1 aromatic heterocycles. The van der Waals surface area contributed by atoms with Crippen LogP contribution in [0.2, 0.25) is 0 Å². The Morgan fingerprint density at radius 2 is 2.07 bits per heavy atom. The van der Waals surface area contributed by atoms with Crippen molar-refractivity contribution in [2.75, 3.05) is 37.0 Å². The predicted molar refractivity (Wildman–Crippen MR) is 110 cm³/mol. The van der Waals surface area contributed by atoms with Gasteiger partial charge in [-0.05, 0) is 43.5 Å². The number of methoxy groups -OCH3 is 1. The second kappa shape index (κ2) is 8.09. The van der Waals surface area contributed by atoms with E-state index >= 15 is 0 Å². The second-order valence-electron chi connectivity index (χ2n) is 7.25. The first kappa shape index (κ1) is 18.6. The van der Waals surface area contributed by atoms with Gasteiger partial charge in [-0.3, -0.25) is 0 Å². The lowest BCUT2D eigenvalue weighted by molar-refractivity contribution is 0.405. The molecule has 28 heavy (non-hydrogen) atoms. The van der Waals surface area contributed by atoms with Gasteiger partial charge in [-0.25, -0.2) is 4.39 Å². The van der Waals surface area contributed by atoms with E-state index in [9.17, 15) is 4.39 Å². The van der Waals surface area contributed by atoms with Crippen LogP contribution in [0.15, 0.2) is 40.9 Å². The first-order valence-electron chi connectivity index (χ1n) is 9.92. The Labute approximate surface area is 164 Å². The SMILES string of the molecule is CCCNc1cccc(N2CCC(c3noc4cc(F)ccc34)CC2)c1OC. The topological polar surface area (TPSA) is 50.5 Å². The number of nitrogens with zero attached hydrogens (tertiary/aromatic N) is 2. The monoisotopic (exact) mass is 383 g/mol. The molecule has 0 saturated carbocycles. The summed E-state index contributed by atoms with van der Waals surface area (Å²) in [5.74, 6) is 0.917. The number of rotatable bonds is 6. The first-order chi connectivity index (χ1) is 13.7. The molecule has 5 nitrogen and oxygen atoms in total. The van der Waals surface area contributed by atoms with E-state index in [4.69, 9.17) is 9.26 Å². The van der Waals surface area contributed by atoms with Crippen LogP contribution in [0.4, 0.5) is 15.8 Å². The van der Waals surface area contributed by atoms with Crippen LogP contribution in [0.3, 0.4) is 0 Å². The molecule has 1 N–H and O–H groups in total. The summed E-state index contributed by atoms with van der Waals surface area (Å²) < 4.78 is 24.5.